The van der Waals surface area contributed by atoms with Crippen LogP contribution in [0.1, 0.15) is 18.6 Å². The van der Waals surface area contributed by atoms with Crippen LogP contribution in [0, 0.1) is 0 Å². The summed E-state index contributed by atoms with van der Waals surface area (Å²) in [6, 6.07) is 7.35. The second kappa shape index (κ2) is 5.73. The van der Waals surface area contributed by atoms with Crippen molar-refractivity contribution in [2.75, 3.05) is 26.2 Å². The molecule has 0 saturated carbocycles. The van der Waals surface area contributed by atoms with Crippen LogP contribution in [0.5, 0.6) is 5.75 Å². The summed E-state index contributed by atoms with van der Waals surface area (Å²) in [5.74, 6) is 0.673. The van der Waals surface area contributed by atoms with Gasteiger partial charge in [0, 0.05) is 18.7 Å². The summed E-state index contributed by atoms with van der Waals surface area (Å²) in [5.41, 5.74) is 0.767. The number of urea groups is 1. The van der Waals surface area contributed by atoms with Crippen LogP contribution in [-0.2, 0) is 0 Å². The number of nitrogens with one attached hydrogen (secondary N) is 1. The third-order valence-electron chi connectivity index (χ3n) is 2.93. The van der Waals surface area contributed by atoms with Crippen LogP contribution < -0.4 is 10.1 Å². The van der Waals surface area contributed by atoms with E-state index in [9.17, 15) is 9.90 Å². The highest BCUT2D eigenvalue weighted by atomic mass is 16.5. The average molecular weight is 250 g/mol. The second-order valence-electron chi connectivity index (χ2n) is 4.28. The largest absolute Gasteiger partial charge is 0.491 e. The molecule has 1 unspecified atom stereocenters. The van der Waals surface area contributed by atoms with E-state index >= 15 is 0 Å². The molecule has 1 atom stereocenters. The molecule has 98 valence electrons. The fraction of sp³-hybridized carbons (Fsp3) is 0.462. The third kappa shape index (κ3) is 2.92. The second-order valence-corrected chi connectivity index (χ2v) is 4.28. The first-order valence-electron chi connectivity index (χ1n) is 6.11. The molecular formula is C13H18N2O3. The zero-order valence-electron chi connectivity index (χ0n) is 10.4. The van der Waals surface area contributed by atoms with Crippen molar-refractivity contribution in [2.24, 2.45) is 0 Å². The molecule has 1 aromatic carbocycles. The maximum absolute atomic E-state index is 11.3. The number of carbonyl (C=O) groups is 1. The predicted octanol–water partition coefficient (Wildman–Crippen LogP) is 1.14. The van der Waals surface area contributed by atoms with Gasteiger partial charge in [0.05, 0.1) is 12.6 Å². The van der Waals surface area contributed by atoms with Crippen LogP contribution in [0.4, 0.5) is 4.79 Å². The van der Waals surface area contributed by atoms with Gasteiger partial charge in [0.2, 0.25) is 0 Å². The van der Waals surface area contributed by atoms with Gasteiger partial charge in [-0.1, -0.05) is 18.2 Å². The number of carbonyl (C=O) groups excluding carboxylic acids is 1. The Morgan fingerprint density at radius 3 is 2.94 bits per heavy atom. The first-order valence-corrected chi connectivity index (χ1v) is 6.11. The van der Waals surface area contributed by atoms with Gasteiger partial charge in [0.25, 0.3) is 0 Å². The van der Waals surface area contributed by atoms with Gasteiger partial charge in [-0.3, -0.25) is 0 Å². The van der Waals surface area contributed by atoms with Gasteiger partial charge in [-0.2, -0.15) is 0 Å². The predicted molar refractivity (Wildman–Crippen MR) is 67.5 cm³/mol. The minimum atomic E-state index is -0.559. The van der Waals surface area contributed by atoms with E-state index < -0.39 is 6.10 Å². The van der Waals surface area contributed by atoms with Crippen molar-refractivity contribution < 1.29 is 14.6 Å². The highest BCUT2D eigenvalue weighted by Gasteiger charge is 2.18. The molecular weight excluding hydrogens is 232 g/mol. The normalized spacial score (nSPS) is 16.6. The molecule has 5 nitrogen and oxygen atoms in total. The summed E-state index contributed by atoms with van der Waals surface area (Å²) in [4.78, 5) is 13.0. The number of nitrogens with zero attached hydrogens (tertiary/aromatic N) is 1. The molecule has 1 aromatic rings. The third-order valence-corrected chi connectivity index (χ3v) is 2.93. The molecule has 0 bridgehead atoms. The Morgan fingerprint density at radius 1 is 1.50 bits per heavy atom. The zero-order chi connectivity index (χ0) is 13.0. The average Bonchev–Trinajstić information content (AvgIpc) is 2.76. The molecule has 18 heavy (non-hydrogen) atoms. The Labute approximate surface area is 106 Å². The van der Waals surface area contributed by atoms with Crippen LogP contribution in [-0.4, -0.2) is 42.3 Å². The number of aliphatic hydroxyl groups is 1. The van der Waals surface area contributed by atoms with E-state index in [1.165, 1.54) is 0 Å². The molecule has 1 fully saturated rings. The number of para-hydroxylation sites is 1. The number of amides is 2. The molecule has 2 amide bonds. The van der Waals surface area contributed by atoms with Gasteiger partial charge in [-0.15, -0.1) is 0 Å². The molecule has 1 aliphatic rings. The van der Waals surface area contributed by atoms with Crippen molar-refractivity contribution in [3.8, 4) is 5.75 Å². The summed E-state index contributed by atoms with van der Waals surface area (Å²) in [6.07, 6.45) is -0.559. The van der Waals surface area contributed by atoms with Gasteiger partial charge >= 0.3 is 6.03 Å². The maximum atomic E-state index is 11.3. The van der Waals surface area contributed by atoms with E-state index in [-0.39, 0.29) is 6.03 Å². The van der Waals surface area contributed by atoms with Gasteiger partial charge in [-0.05, 0) is 13.0 Å². The smallest absolute Gasteiger partial charge is 0.317 e. The molecule has 0 spiro atoms. The minimum absolute atomic E-state index is 0.0394. The Bertz CT molecular complexity index is 420. The lowest BCUT2D eigenvalue weighted by Crippen LogP contribution is -2.31. The van der Waals surface area contributed by atoms with Crippen LogP contribution in [0.2, 0.25) is 0 Å². The van der Waals surface area contributed by atoms with Gasteiger partial charge in [0.1, 0.15) is 12.4 Å². The lowest BCUT2D eigenvalue weighted by Gasteiger charge is -2.16. The van der Waals surface area contributed by atoms with E-state index in [4.69, 9.17) is 4.74 Å². The van der Waals surface area contributed by atoms with Crippen LogP contribution in [0.25, 0.3) is 0 Å². The minimum Gasteiger partial charge on any atom is -0.491 e. The molecule has 0 aliphatic carbocycles. The lowest BCUT2D eigenvalue weighted by molar-refractivity contribution is 0.184. The fourth-order valence-corrected chi connectivity index (χ4v) is 1.95. The monoisotopic (exact) mass is 250 g/mol. The summed E-state index contributed by atoms with van der Waals surface area (Å²) in [7, 11) is 0. The van der Waals surface area contributed by atoms with Crippen LogP contribution in [0.3, 0.4) is 0 Å². The highest BCUT2D eigenvalue weighted by Crippen LogP contribution is 2.24. The molecule has 0 radical (unpaired) electrons. The molecule has 1 heterocycles. The number of rotatable bonds is 5. The maximum Gasteiger partial charge on any atom is 0.317 e. The van der Waals surface area contributed by atoms with Gasteiger partial charge in [0.15, 0.2) is 0 Å². The van der Waals surface area contributed by atoms with Crippen molar-refractivity contribution in [1.82, 2.24) is 10.2 Å². The Kier molecular flexibility index (Phi) is 4.04. The van der Waals surface area contributed by atoms with E-state index in [0.29, 0.717) is 25.4 Å². The number of ether oxygens (including phenoxy) is 1. The van der Waals surface area contributed by atoms with Crippen molar-refractivity contribution in [2.45, 2.75) is 13.0 Å². The molecule has 1 saturated heterocycles. The number of aliphatic hydroxyl groups excluding tert-OH is 1. The van der Waals surface area contributed by atoms with E-state index in [2.05, 4.69) is 5.32 Å². The van der Waals surface area contributed by atoms with Crippen LogP contribution in [0.15, 0.2) is 24.3 Å². The zero-order valence-corrected chi connectivity index (χ0v) is 10.4. The summed E-state index contributed by atoms with van der Waals surface area (Å²) in [5, 5.41) is 12.3. The lowest BCUT2D eigenvalue weighted by atomic mass is 10.1. The fourth-order valence-electron chi connectivity index (χ4n) is 1.95. The van der Waals surface area contributed by atoms with E-state index in [0.717, 1.165) is 12.1 Å². The van der Waals surface area contributed by atoms with Gasteiger partial charge < -0.3 is 20.1 Å². The van der Waals surface area contributed by atoms with Crippen molar-refractivity contribution in [1.29, 1.82) is 0 Å². The summed E-state index contributed by atoms with van der Waals surface area (Å²) >= 11 is 0. The summed E-state index contributed by atoms with van der Waals surface area (Å²) in [6.45, 7) is 4.11. The molecule has 0 aromatic heterocycles. The molecule has 2 N–H and O–H groups in total. The number of hydrogen-bond acceptors (Lipinski definition) is 3. The van der Waals surface area contributed by atoms with Gasteiger partial charge in [-0.25, -0.2) is 4.79 Å². The Morgan fingerprint density at radius 2 is 2.28 bits per heavy atom. The Balaban J connectivity index is 1.88. The topological polar surface area (TPSA) is 61.8 Å². The number of hydrogen-bond donors (Lipinski definition) is 2. The summed E-state index contributed by atoms with van der Waals surface area (Å²) < 4.78 is 5.63. The Hall–Kier alpha value is -1.75. The first-order chi connectivity index (χ1) is 8.68. The molecule has 1 aliphatic heterocycles. The van der Waals surface area contributed by atoms with Crippen molar-refractivity contribution >= 4 is 6.03 Å². The SMILES string of the molecule is CC(O)c1ccccc1OCCN1CCNC1=O. The first kappa shape index (κ1) is 12.7. The van der Waals surface area contributed by atoms with Crippen LogP contribution >= 0.6 is 0 Å². The van der Waals surface area contributed by atoms with Crippen molar-refractivity contribution in [3.05, 3.63) is 29.8 Å². The van der Waals surface area contributed by atoms with E-state index in [1.54, 1.807) is 11.8 Å². The molecule has 5 heteroatoms. The van der Waals surface area contributed by atoms with E-state index in [1.807, 2.05) is 24.3 Å². The quantitative estimate of drug-likeness (QED) is 0.824. The number of benzene rings is 1. The molecule has 2 rings (SSSR count). The van der Waals surface area contributed by atoms with Crippen molar-refractivity contribution in [3.63, 3.8) is 0 Å². The highest BCUT2D eigenvalue weighted by molar-refractivity contribution is 5.76. The standard InChI is InChI=1S/C13H18N2O3/c1-10(16)11-4-2-3-5-12(11)18-9-8-15-7-6-14-13(15)17/h2-5,10,16H,6-9H2,1H3,(H,14,17).